The minimum atomic E-state index is -0.280. The van der Waals surface area contributed by atoms with Gasteiger partial charge < -0.3 is 9.47 Å². The Morgan fingerprint density at radius 1 is 1.33 bits per heavy atom. The van der Waals surface area contributed by atoms with E-state index in [1.54, 1.807) is 0 Å². The summed E-state index contributed by atoms with van der Waals surface area (Å²) in [6.45, 7) is 7.67. The number of carbonyl (C=O) groups excluding carboxylic acids is 1. The van der Waals surface area contributed by atoms with E-state index in [2.05, 4.69) is 0 Å². The van der Waals surface area contributed by atoms with Crippen molar-refractivity contribution >= 4 is 5.97 Å². The number of hydrogen-bond donors (Lipinski definition) is 0. The van der Waals surface area contributed by atoms with E-state index in [1.807, 2.05) is 27.7 Å². The Balaban J connectivity index is 3.46. The number of hydrogen-bond acceptors (Lipinski definition) is 3. The summed E-state index contributed by atoms with van der Waals surface area (Å²) in [5, 5.41) is 0. The fourth-order valence-electron chi connectivity index (χ4n) is 0.576. The van der Waals surface area contributed by atoms with Crippen LogP contribution in [0.3, 0.4) is 0 Å². The molecule has 3 heteroatoms. The van der Waals surface area contributed by atoms with Gasteiger partial charge in [0.25, 0.3) is 0 Å². The molecule has 0 spiro atoms. The van der Waals surface area contributed by atoms with Gasteiger partial charge in [0.15, 0.2) is 0 Å². The van der Waals surface area contributed by atoms with Gasteiger partial charge in [-0.2, -0.15) is 0 Å². The predicted molar refractivity (Wildman–Crippen MR) is 46.9 cm³/mol. The third-order valence-electron chi connectivity index (χ3n) is 1.44. The van der Waals surface area contributed by atoms with Crippen molar-refractivity contribution < 1.29 is 14.3 Å². The first kappa shape index (κ1) is 11.4. The van der Waals surface area contributed by atoms with Crippen molar-refractivity contribution in [3.63, 3.8) is 0 Å². The summed E-state index contributed by atoms with van der Waals surface area (Å²) in [5.74, 6) is -0.280. The van der Waals surface area contributed by atoms with Gasteiger partial charge in [0.05, 0.1) is 12.2 Å². The van der Waals surface area contributed by atoms with Crippen LogP contribution in [0, 0.1) is 0 Å². The summed E-state index contributed by atoms with van der Waals surface area (Å²) in [7, 11) is 0. The van der Waals surface area contributed by atoms with Crippen molar-refractivity contribution in [3.8, 4) is 0 Å². The number of ether oxygens (including phenoxy) is 2. The number of carbonyl (C=O) groups is 1. The van der Waals surface area contributed by atoms with Crippen molar-refractivity contribution in [1.29, 1.82) is 0 Å². The van der Waals surface area contributed by atoms with Gasteiger partial charge in [-0.05, 0) is 27.2 Å². The van der Waals surface area contributed by atoms with Gasteiger partial charge >= 0.3 is 5.97 Å². The standard InChI is InChI=1S/C9H18O3/c1-5-8(4)12-9(10)6-11-7(2)3/h7-8H,5-6H2,1-4H3. The first-order valence-electron chi connectivity index (χ1n) is 4.37. The Bertz CT molecular complexity index is 132. The van der Waals surface area contributed by atoms with Gasteiger partial charge in [0, 0.05) is 0 Å². The van der Waals surface area contributed by atoms with Gasteiger partial charge in [0.2, 0.25) is 0 Å². The summed E-state index contributed by atoms with van der Waals surface area (Å²) in [5.41, 5.74) is 0. The molecule has 1 unspecified atom stereocenters. The van der Waals surface area contributed by atoms with Crippen LogP contribution in [0.2, 0.25) is 0 Å². The van der Waals surface area contributed by atoms with E-state index in [0.29, 0.717) is 0 Å². The highest BCUT2D eigenvalue weighted by Crippen LogP contribution is 1.97. The minimum absolute atomic E-state index is 0.00624. The first-order valence-corrected chi connectivity index (χ1v) is 4.37. The molecule has 12 heavy (non-hydrogen) atoms. The molecule has 72 valence electrons. The first-order chi connectivity index (χ1) is 5.56. The highest BCUT2D eigenvalue weighted by Gasteiger charge is 2.07. The Kier molecular flexibility index (Phi) is 5.72. The lowest BCUT2D eigenvalue weighted by Gasteiger charge is -2.11. The van der Waals surface area contributed by atoms with Crippen LogP contribution < -0.4 is 0 Å². The molecule has 0 saturated heterocycles. The molecule has 0 radical (unpaired) electrons. The minimum Gasteiger partial charge on any atom is -0.461 e. The topological polar surface area (TPSA) is 35.5 Å². The Labute approximate surface area is 74.0 Å². The number of rotatable bonds is 5. The molecule has 0 heterocycles. The molecule has 0 bridgehead atoms. The highest BCUT2D eigenvalue weighted by atomic mass is 16.6. The number of esters is 1. The van der Waals surface area contributed by atoms with Gasteiger partial charge in [0.1, 0.15) is 6.61 Å². The molecule has 0 aromatic rings. The monoisotopic (exact) mass is 174 g/mol. The maximum atomic E-state index is 11.0. The lowest BCUT2D eigenvalue weighted by Crippen LogP contribution is -2.20. The lowest BCUT2D eigenvalue weighted by atomic mass is 10.3. The summed E-state index contributed by atoms with van der Waals surface area (Å²) < 4.78 is 10.1. The summed E-state index contributed by atoms with van der Waals surface area (Å²) in [6.07, 6.45) is 0.913. The summed E-state index contributed by atoms with van der Waals surface area (Å²) in [6, 6.07) is 0. The van der Waals surface area contributed by atoms with Gasteiger partial charge in [-0.3, -0.25) is 0 Å². The Morgan fingerprint density at radius 3 is 2.33 bits per heavy atom. The van der Waals surface area contributed by atoms with Crippen LogP contribution in [-0.4, -0.2) is 24.8 Å². The molecule has 0 aromatic heterocycles. The zero-order valence-corrected chi connectivity index (χ0v) is 8.29. The van der Waals surface area contributed by atoms with Crippen LogP contribution in [0.15, 0.2) is 0 Å². The van der Waals surface area contributed by atoms with Crippen LogP contribution in [0.5, 0.6) is 0 Å². The van der Waals surface area contributed by atoms with E-state index in [-0.39, 0.29) is 24.8 Å². The molecule has 0 aliphatic rings. The van der Waals surface area contributed by atoms with E-state index >= 15 is 0 Å². The fraction of sp³-hybridized carbons (Fsp3) is 0.889. The van der Waals surface area contributed by atoms with Crippen LogP contribution in [0.1, 0.15) is 34.1 Å². The second kappa shape index (κ2) is 6.00. The molecule has 0 aliphatic carbocycles. The molecule has 3 nitrogen and oxygen atoms in total. The zero-order valence-electron chi connectivity index (χ0n) is 8.29. The molecular weight excluding hydrogens is 156 g/mol. The van der Waals surface area contributed by atoms with Gasteiger partial charge in [-0.1, -0.05) is 6.92 Å². The second-order valence-electron chi connectivity index (χ2n) is 3.07. The smallest absolute Gasteiger partial charge is 0.332 e. The third kappa shape index (κ3) is 6.16. The molecule has 1 atom stereocenters. The van der Waals surface area contributed by atoms with Crippen LogP contribution in [0.25, 0.3) is 0 Å². The van der Waals surface area contributed by atoms with Crippen molar-refractivity contribution in [2.24, 2.45) is 0 Å². The SMILES string of the molecule is CCC(C)OC(=O)COC(C)C. The molecule has 0 amide bonds. The summed E-state index contributed by atoms with van der Waals surface area (Å²) in [4.78, 5) is 11.0. The highest BCUT2D eigenvalue weighted by molar-refractivity contribution is 5.70. The normalized spacial score (nSPS) is 13.1. The van der Waals surface area contributed by atoms with Crippen LogP contribution in [0.4, 0.5) is 0 Å². The molecule has 0 N–H and O–H groups in total. The molecule has 0 saturated carbocycles. The average Bonchev–Trinajstić information content (AvgIpc) is 2.00. The Hall–Kier alpha value is -0.570. The van der Waals surface area contributed by atoms with Crippen molar-refractivity contribution in [2.75, 3.05) is 6.61 Å². The molecule has 0 fully saturated rings. The van der Waals surface area contributed by atoms with Gasteiger partial charge in [-0.15, -0.1) is 0 Å². The van der Waals surface area contributed by atoms with Crippen LogP contribution >= 0.6 is 0 Å². The molecule has 0 aromatic carbocycles. The van der Waals surface area contributed by atoms with Crippen LogP contribution in [-0.2, 0) is 14.3 Å². The Morgan fingerprint density at radius 2 is 1.92 bits per heavy atom. The zero-order chi connectivity index (χ0) is 9.56. The molecule has 0 rings (SSSR count). The second-order valence-corrected chi connectivity index (χ2v) is 3.07. The van der Waals surface area contributed by atoms with E-state index < -0.39 is 0 Å². The largest absolute Gasteiger partial charge is 0.461 e. The van der Waals surface area contributed by atoms with E-state index in [9.17, 15) is 4.79 Å². The fourth-order valence-corrected chi connectivity index (χ4v) is 0.576. The van der Waals surface area contributed by atoms with Crippen molar-refractivity contribution in [2.45, 2.75) is 46.3 Å². The lowest BCUT2D eigenvalue weighted by molar-refractivity contribution is -0.155. The van der Waals surface area contributed by atoms with E-state index in [1.165, 1.54) is 0 Å². The van der Waals surface area contributed by atoms with E-state index in [0.717, 1.165) is 6.42 Å². The van der Waals surface area contributed by atoms with Crippen molar-refractivity contribution in [3.05, 3.63) is 0 Å². The van der Waals surface area contributed by atoms with Gasteiger partial charge in [-0.25, -0.2) is 4.79 Å². The molecular formula is C9H18O3. The third-order valence-corrected chi connectivity index (χ3v) is 1.44. The van der Waals surface area contributed by atoms with Crippen molar-refractivity contribution in [1.82, 2.24) is 0 Å². The maximum Gasteiger partial charge on any atom is 0.332 e. The molecule has 0 aliphatic heterocycles. The quantitative estimate of drug-likeness (QED) is 0.596. The average molecular weight is 174 g/mol. The maximum absolute atomic E-state index is 11.0. The van der Waals surface area contributed by atoms with E-state index in [4.69, 9.17) is 9.47 Å². The summed E-state index contributed by atoms with van der Waals surface area (Å²) >= 11 is 0. The predicted octanol–water partition coefficient (Wildman–Crippen LogP) is 1.75.